The third-order valence-electron chi connectivity index (χ3n) is 4.65. The number of hydrogen-bond acceptors (Lipinski definition) is 2. The van der Waals surface area contributed by atoms with Crippen molar-refractivity contribution in [2.75, 3.05) is 13.1 Å². The zero-order valence-electron chi connectivity index (χ0n) is 12.2. The van der Waals surface area contributed by atoms with E-state index in [2.05, 4.69) is 18.7 Å². The Morgan fingerprint density at radius 2 is 1.67 bits per heavy atom. The van der Waals surface area contributed by atoms with Gasteiger partial charge in [0.1, 0.15) is 0 Å². The van der Waals surface area contributed by atoms with Crippen LogP contribution < -0.4 is 0 Å². The van der Waals surface area contributed by atoms with Gasteiger partial charge in [-0.25, -0.2) is 0 Å². The fourth-order valence-corrected chi connectivity index (χ4v) is 3.21. The molecule has 1 rings (SSSR count). The summed E-state index contributed by atoms with van der Waals surface area (Å²) in [6.45, 7) is 8.41. The van der Waals surface area contributed by atoms with E-state index in [9.17, 15) is 9.90 Å². The number of aliphatic carboxylic acids is 1. The molecular formula is C15H29NO2. The van der Waals surface area contributed by atoms with Crippen LogP contribution in [-0.2, 0) is 4.79 Å². The average Bonchev–Trinajstić information content (AvgIpc) is 2.38. The number of rotatable bonds is 7. The largest absolute Gasteiger partial charge is 0.481 e. The van der Waals surface area contributed by atoms with E-state index in [1.807, 2.05) is 6.92 Å². The Kier molecular flexibility index (Phi) is 6.13. The Morgan fingerprint density at radius 1 is 1.17 bits per heavy atom. The maximum Gasteiger partial charge on any atom is 0.309 e. The Balaban J connectivity index is 2.58. The lowest BCUT2D eigenvalue weighted by Crippen LogP contribution is -2.47. The highest BCUT2D eigenvalue weighted by Crippen LogP contribution is 2.36. The van der Waals surface area contributed by atoms with Crippen molar-refractivity contribution in [1.82, 2.24) is 4.90 Å². The first-order chi connectivity index (χ1) is 8.59. The molecule has 0 aliphatic carbocycles. The number of carbonyl (C=O) groups is 1. The minimum atomic E-state index is -0.591. The lowest BCUT2D eigenvalue weighted by molar-refractivity contribution is -0.152. The standard InChI is InChI=1S/C15H29NO2/c1-4-7-13(8-5-2)16-11-9-15(6-3,10-12-16)14(17)18/h13H,4-12H2,1-3H3,(H,17,18). The van der Waals surface area contributed by atoms with Gasteiger partial charge in [-0.15, -0.1) is 0 Å². The summed E-state index contributed by atoms with van der Waals surface area (Å²) in [5.41, 5.74) is -0.445. The molecule has 3 heteroatoms. The van der Waals surface area contributed by atoms with Gasteiger partial charge in [0.15, 0.2) is 0 Å². The molecule has 0 saturated carbocycles. The van der Waals surface area contributed by atoms with Crippen molar-refractivity contribution < 1.29 is 9.90 Å². The smallest absolute Gasteiger partial charge is 0.309 e. The molecule has 0 atom stereocenters. The van der Waals surface area contributed by atoms with Crippen LogP contribution in [0, 0.1) is 5.41 Å². The van der Waals surface area contributed by atoms with Crippen LogP contribution in [0.2, 0.25) is 0 Å². The molecule has 0 aromatic heterocycles. The summed E-state index contributed by atoms with van der Waals surface area (Å²) in [5.74, 6) is -0.591. The van der Waals surface area contributed by atoms with Crippen molar-refractivity contribution in [3.63, 3.8) is 0 Å². The number of likely N-dealkylation sites (tertiary alicyclic amines) is 1. The van der Waals surface area contributed by atoms with Crippen LogP contribution in [0.1, 0.15) is 65.7 Å². The molecule has 0 aromatic rings. The van der Waals surface area contributed by atoms with Gasteiger partial charge in [0, 0.05) is 6.04 Å². The maximum atomic E-state index is 11.4. The summed E-state index contributed by atoms with van der Waals surface area (Å²) in [6.07, 6.45) is 7.35. The van der Waals surface area contributed by atoms with Crippen LogP contribution in [0.15, 0.2) is 0 Å². The molecule has 0 amide bonds. The summed E-state index contributed by atoms with van der Waals surface area (Å²) >= 11 is 0. The zero-order chi connectivity index (χ0) is 13.6. The van der Waals surface area contributed by atoms with Crippen LogP contribution in [0.3, 0.4) is 0 Å². The number of nitrogens with zero attached hydrogens (tertiary/aromatic N) is 1. The van der Waals surface area contributed by atoms with Crippen molar-refractivity contribution >= 4 is 5.97 Å². The number of hydrogen-bond donors (Lipinski definition) is 1. The third kappa shape index (κ3) is 3.47. The summed E-state index contributed by atoms with van der Waals surface area (Å²) in [6, 6.07) is 0.670. The predicted octanol–water partition coefficient (Wildman–Crippen LogP) is 3.53. The SMILES string of the molecule is CCCC(CCC)N1CCC(CC)(C(=O)O)CC1. The Hall–Kier alpha value is -0.570. The van der Waals surface area contributed by atoms with E-state index in [0.29, 0.717) is 6.04 Å². The maximum absolute atomic E-state index is 11.4. The van der Waals surface area contributed by atoms with E-state index in [4.69, 9.17) is 0 Å². The number of carboxylic acids is 1. The Morgan fingerprint density at radius 3 is 2.00 bits per heavy atom. The van der Waals surface area contributed by atoms with Gasteiger partial charge >= 0.3 is 5.97 Å². The molecular weight excluding hydrogens is 226 g/mol. The molecule has 0 radical (unpaired) electrons. The molecule has 0 bridgehead atoms. The summed E-state index contributed by atoms with van der Waals surface area (Å²) < 4.78 is 0. The lowest BCUT2D eigenvalue weighted by atomic mass is 9.76. The summed E-state index contributed by atoms with van der Waals surface area (Å²) in [4.78, 5) is 13.9. The van der Waals surface area contributed by atoms with Crippen molar-refractivity contribution in [2.45, 2.75) is 71.8 Å². The van der Waals surface area contributed by atoms with Gasteiger partial charge < -0.3 is 10.0 Å². The molecule has 106 valence electrons. The highest BCUT2D eigenvalue weighted by molar-refractivity contribution is 5.74. The molecule has 1 saturated heterocycles. The Labute approximate surface area is 112 Å². The highest BCUT2D eigenvalue weighted by Gasteiger charge is 2.40. The molecule has 1 N–H and O–H groups in total. The molecule has 18 heavy (non-hydrogen) atoms. The normalized spacial score (nSPS) is 20.2. The lowest BCUT2D eigenvalue weighted by Gasteiger charge is -2.42. The van der Waals surface area contributed by atoms with E-state index in [1.54, 1.807) is 0 Å². The van der Waals surface area contributed by atoms with Gasteiger partial charge in [-0.3, -0.25) is 4.79 Å². The molecule has 0 unspecified atom stereocenters. The van der Waals surface area contributed by atoms with Crippen LogP contribution in [0.25, 0.3) is 0 Å². The predicted molar refractivity (Wildman–Crippen MR) is 74.8 cm³/mol. The quantitative estimate of drug-likeness (QED) is 0.756. The van der Waals surface area contributed by atoms with E-state index in [-0.39, 0.29) is 0 Å². The van der Waals surface area contributed by atoms with E-state index >= 15 is 0 Å². The zero-order valence-corrected chi connectivity index (χ0v) is 12.2. The monoisotopic (exact) mass is 255 g/mol. The first kappa shape index (κ1) is 15.5. The minimum absolute atomic E-state index is 0.445. The number of carboxylic acid groups (broad SMARTS) is 1. The van der Waals surface area contributed by atoms with Crippen LogP contribution in [-0.4, -0.2) is 35.1 Å². The second-order valence-corrected chi connectivity index (χ2v) is 5.71. The fraction of sp³-hybridized carbons (Fsp3) is 0.933. The van der Waals surface area contributed by atoms with Crippen molar-refractivity contribution in [2.24, 2.45) is 5.41 Å². The molecule has 0 aromatic carbocycles. The van der Waals surface area contributed by atoms with Crippen LogP contribution in [0.4, 0.5) is 0 Å². The van der Waals surface area contributed by atoms with Gasteiger partial charge in [0.2, 0.25) is 0 Å². The van der Waals surface area contributed by atoms with Crippen molar-refractivity contribution in [1.29, 1.82) is 0 Å². The molecule has 1 aliphatic heterocycles. The van der Waals surface area contributed by atoms with Gasteiger partial charge in [-0.05, 0) is 45.2 Å². The second kappa shape index (κ2) is 7.13. The molecule has 0 spiro atoms. The van der Waals surface area contributed by atoms with Gasteiger partial charge in [-0.1, -0.05) is 33.6 Å². The highest BCUT2D eigenvalue weighted by atomic mass is 16.4. The van der Waals surface area contributed by atoms with Crippen LogP contribution >= 0.6 is 0 Å². The average molecular weight is 255 g/mol. The molecule has 1 heterocycles. The van der Waals surface area contributed by atoms with Crippen LogP contribution in [0.5, 0.6) is 0 Å². The number of piperidine rings is 1. The van der Waals surface area contributed by atoms with Gasteiger partial charge in [0.25, 0.3) is 0 Å². The van der Waals surface area contributed by atoms with E-state index in [0.717, 1.165) is 32.4 Å². The second-order valence-electron chi connectivity index (χ2n) is 5.71. The minimum Gasteiger partial charge on any atom is -0.481 e. The first-order valence-electron chi connectivity index (χ1n) is 7.57. The van der Waals surface area contributed by atoms with E-state index in [1.165, 1.54) is 25.7 Å². The van der Waals surface area contributed by atoms with Crippen molar-refractivity contribution in [3.8, 4) is 0 Å². The summed E-state index contributed by atoms with van der Waals surface area (Å²) in [7, 11) is 0. The molecule has 1 aliphatic rings. The first-order valence-corrected chi connectivity index (χ1v) is 7.57. The van der Waals surface area contributed by atoms with Gasteiger partial charge in [-0.2, -0.15) is 0 Å². The topological polar surface area (TPSA) is 40.5 Å². The van der Waals surface area contributed by atoms with Gasteiger partial charge in [0.05, 0.1) is 5.41 Å². The van der Waals surface area contributed by atoms with E-state index < -0.39 is 11.4 Å². The third-order valence-corrected chi connectivity index (χ3v) is 4.65. The summed E-state index contributed by atoms with van der Waals surface area (Å²) in [5, 5.41) is 9.40. The fourth-order valence-electron chi connectivity index (χ4n) is 3.21. The molecule has 3 nitrogen and oxygen atoms in total. The van der Waals surface area contributed by atoms with Crippen molar-refractivity contribution in [3.05, 3.63) is 0 Å². The molecule has 1 fully saturated rings. The Bertz CT molecular complexity index is 251.